The standard InChI is InChI=1S/C15H13N3O5/c1-22-13-3-4-14(23-2)11(6-13)8-17-9-12(18(20)21)5-10(7-16)15(17)19/h3-6,9H,8H2,1-2H3. The second-order valence-electron chi connectivity index (χ2n) is 4.59. The molecule has 23 heavy (non-hydrogen) atoms. The van der Waals surface area contributed by atoms with Crippen molar-refractivity contribution < 1.29 is 14.4 Å². The van der Waals surface area contributed by atoms with Crippen molar-refractivity contribution in [3.8, 4) is 17.6 Å². The number of benzene rings is 1. The summed E-state index contributed by atoms with van der Waals surface area (Å²) in [5.41, 5.74) is -0.634. The normalized spacial score (nSPS) is 9.96. The second kappa shape index (κ2) is 6.62. The van der Waals surface area contributed by atoms with E-state index in [0.717, 1.165) is 16.8 Å². The lowest BCUT2D eigenvalue weighted by Crippen LogP contribution is -2.23. The second-order valence-corrected chi connectivity index (χ2v) is 4.59. The number of hydrogen-bond acceptors (Lipinski definition) is 6. The summed E-state index contributed by atoms with van der Waals surface area (Å²) in [4.78, 5) is 22.5. The molecule has 2 aromatic rings. The molecule has 0 saturated heterocycles. The van der Waals surface area contributed by atoms with E-state index < -0.39 is 10.5 Å². The van der Waals surface area contributed by atoms with Gasteiger partial charge in [-0.1, -0.05) is 0 Å². The summed E-state index contributed by atoms with van der Waals surface area (Å²) in [7, 11) is 2.97. The van der Waals surface area contributed by atoms with Crippen molar-refractivity contribution in [2.75, 3.05) is 14.2 Å². The lowest BCUT2D eigenvalue weighted by atomic mass is 10.1. The Morgan fingerprint density at radius 3 is 2.61 bits per heavy atom. The highest BCUT2D eigenvalue weighted by Crippen LogP contribution is 2.25. The van der Waals surface area contributed by atoms with Crippen molar-refractivity contribution in [3.05, 3.63) is 62.1 Å². The molecule has 8 nitrogen and oxygen atoms in total. The number of nitrogens with zero attached hydrogens (tertiary/aromatic N) is 3. The summed E-state index contributed by atoms with van der Waals surface area (Å²) in [6, 6.07) is 7.66. The largest absolute Gasteiger partial charge is 0.497 e. The number of pyridine rings is 1. The molecular formula is C15H13N3O5. The molecule has 0 aliphatic heterocycles. The maximum Gasteiger partial charge on any atom is 0.287 e. The Balaban J connectivity index is 2.56. The summed E-state index contributed by atoms with van der Waals surface area (Å²) >= 11 is 0. The molecule has 2 rings (SSSR count). The van der Waals surface area contributed by atoms with Gasteiger partial charge in [-0.05, 0) is 18.2 Å². The van der Waals surface area contributed by atoms with Crippen LogP contribution in [0.15, 0.2) is 35.3 Å². The highest BCUT2D eigenvalue weighted by molar-refractivity contribution is 5.42. The molecule has 1 aromatic heterocycles. The Labute approximate surface area is 131 Å². The van der Waals surface area contributed by atoms with Crippen LogP contribution in [-0.2, 0) is 6.54 Å². The quantitative estimate of drug-likeness (QED) is 0.614. The summed E-state index contributed by atoms with van der Waals surface area (Å²) in [6.45, 7) is 0.00949. The van der Waals surface area contributed by atoms with Gasteiger partial charge >= 0.3 is 0 Å². The van der Waals surface area contributed by atoms with E-state index in [1.807, 2.05) is 0 Å². The van der Waals surface area contributed by atoms with Crippen molar-refractivity contribution in [3.63, 3.8) is 0 Å². The molecule has 8 heteroatoms. The first kappa shape index (κ1) is 16.0. The summed E-state index contributed by atoms with van der Waals surface area (Å²) in [6.07, 6.45) is 1.10. The Kier molecular flexibility index (Phi) is 4.61. The first-order valence-electron chi connectivity index (χ1n) is 6.50. The fourth-order valence-corrected chi connectivity index (χ4v) is 2.11. The lowest BCUT2D eigenvalue weighted by molar-refractivity contribution is -0.385. The van der Waals surface area contributed by atoms with Gasteiger partial charge in [-0.25, -0.2) is 0 Å². The van der Waals surface area contributed by atoms with Gasteiger partial charge in [-0.2, -0.15) is 5.26 Å². The van der Waals surface area contributed by atoms with E-state index in [2.05, 4.69) is 0 Å². The number of rotatable bonds is 5. The van der Waals surface area contributed by atoms with Gasteiger partial charge in [0, 0.05) is 11.6 Å². The maximum atomic E-state index is 12.2. The number of nitriles is 1. The number of ether oxygens (including phenoxy) is 2. The zero-order valence-electron chi connectivity index (χ0n) is 12.5. The van der Waals surface area contributed by atoms with Crippen LogP contribution >= 0.6 is 0 Å². The van der Waals surface area contributed by atoms with Crippen molar-refractivity contribution in [1.29, 1.82) is 5.26 Å². The minimum Gasteiger partial charge on any atom is -0.497 e. The molecule has 1 heterocycles. The van der Waals surface area contributed by atoms with Crippen molar-refractivity contribution in [2.45, 2.75) is 6.54 Å². The van der Waals surface area contributed by atoms with Gasteiger partial charge < -0.3 is 14.0 Å². The summed E-state index contributed by atoms with van der Waals surface area (Å²) in [5, 5.41) is 19.9. The SMILES string of the molecule is COc1ccc(OC)c(Cn2cc([N+](=O)[O-])cc(C#N)c2=O)c1. The molecular weight excluding hydrogens is 302 g/mol. The Bertz CT molecular complexity index is 851. The van der Waals surface area contributed by atoms with Crippen LogP contribution in [0.3, 0.4) is 0 Å². The average molecular weight is 315 g/mol. The molecule has 0 amide bonds. The van der Waals surface area contributed by atoms with Gasteiger partial charge in [0.2, 0.25) is 0 Å². The van der Waals surface area contributed by atoms with Gasteiger partial charge in [0.1, 0.15) is 23.1 Å². The maximum absolute atomic E-state index is 12.2. The zero-order valence-corrected chi connectivity index (χ0v) is 12.5. The van der Waals surface area contributed by atoms with Crippen LogP contribution in [0.5, 0.6) is 11.5 Å². The lowest BCUT2D eigenvalue weighted by Gasteiger charge is -2.12. The van der Waals surface area contributed by atoms with Gasteiger partial charge in [0.15, 0.2) is 0 Å². The van der Waals surface area contributed by atoms with E-state index >= 15 is 0 Å². The molecule has 1 aromatic carbocycles. The first-order valence-corrected chi connectivity index (χ1v) is 6.50. The van der Waals surface area contributed by atoms with Crippen LogP contribution in [0, 0.1) is 21.4 Å². The molecule has 0 unspecified atom stereocenters. The fraction of sp³-hybridized carbons (Fsp3) is 0.200. The molecule has 0 aliphatic carbocycles. The molecule has 0 saturated carbocycles. The number of nitro groups is 1. The molecule has 0 bridgehead atoms. The highest BCUT2D eigenvalue weighted by Gasteiger charge is 2.15. The van der Waals surface area contributed by atoms with E-state index in [-0.39, 0.29) is 17.8 Å². The van der Waals surface area contributed by atoms with Crippen LogP contribution in [0.1, 0.15) is 11.1 Å². The number of aromatic nitrogens is 1. The molecule has 0 fully saturated rings. The van der Waals surface area contributed by atoms with Crippen molar-refractivity contribution in [1.82, 2.24) is 4.57 Å². The summed E-state index contributed by atoms with van der Waals surface area (Å²) < 4.78 is 11.5. The number of methoxy groups -OCH3 is 2. The van der Waals surface area contributed by atoms with E-state index in [4.69, 9.17) is 14.7 Å². The van der Waals surface area contributed by atoms with Crippen LogP contribution in [0.25, 0.3) is 0 Å². The van der Waals surface area contributed by atoms with Gasteiger partial charge in [0.05, 0.1) is 31.9 Å². The van der Waals surface area contributed by atoms with Gasteiger partial charge in [-0.15, -0.1) is 0 Å². The van der Waals surface area contributed by atoms with Crippen LogP contribution < -0.4 is 15.0 Å². The fourth-order valence-electron chi connectivity index (χ4n) is 2.11. The Hall–Kier alpha value is -3.34. The van der Waals surface area contributed by atoms with E-state index in [1.54, 1.807) is 24.3 Å². The minimum absolute atomic E-state index is 0.00949. The average Bonchev–Trinajstić information content (AvgIpc) is 2.56. The summed E-state index contributed by atoms with van der Waals surface area (Å²) in [5.74, 6) is 1.06. The van der Waals surface area contributed by atoms with Crippen molar-refractivity contribution in [2.24, 2.45) is 0 Å². The molecule has 0 N–H and O–H groups in total. The number of hydrogen-bond donors (Lipinski definition) is 0. The van der Waals surface area contributed by atoms with E-state index in [0.29, 0.717) is 17.1 Å². The molecule has 0 atom stereocenters. The van der Waals surface area contributed by atoms with Crippen LogP contribution in [0.2, 0.25) is 0 Å². The Morgan fingerprint density at radius 2 is 2.04 bits per heavy atom. The first-order chi connectivity index (χ1) is 11.0. The minimum atomic E-state index is -0.653. The van der Waals surface area contributed by atoms with Crippen molar-refractivity contribution >= 4 is 5.69 Å². The predicted molar refractivity (Wildman–Crippen MR) is 80.7 cm³/mol. The molecule has 118 valence electrons. The molecule has 0 spiro atoms. The third kappa shape index (κ3) is 3.29. The molecule has 0 radical (unpaired) electrons. The molecule has 0 aliphatic rings. The van der Waals surface area contributed by atoms with Crippen LogP contribution in [0.4, 0.5) is 5.69 Å². The monoisotopic (exact) mass is 315 g/mol. The van der Waals surface area contributed by atoms with E-state index in [1.165, 1.54) is 14.2 Å². The zero-order chi connectivity index (χ0) is 17.0. The third-order valence-corrected chi connectivity index (χ3v) is 3.23. The third-order valence-electron chi connectivity index (χ3n) is 3.23. The topological polar surface area (TPSA) is 107 Å². The van der Waals surface area contributed by atoms with Gasteiger partial charge in [-0.3, -0.25) is 14.9 Å². The van der Waals surface area contributed by atoms with E-state index in [9.17, 15) is 14.9 Å². The Morgan fingerprint density at radius 1 is 1.30 bits per heavy atom. The highest BCUT2D eigenvalue weighted by atomic mass is 16.6. The van der Waals surface area contributed by atoms with Gasteiger partial charge in [0.25, 0.3) is 11.2 Å². The van der Waals surface area contributed by atoms with Crippen LogP contribution in [-0.4, -0.2) is 23.7 Å². The smallest absolute Gasteiger partial charge is 0.287 e. The predicted octanol–water partition coefficient (Wildman–Crippen LogP) is 1.69.